The van der Waals surface area contributed by atoms with E-state index >= 15 is 0 Å². The number of hydrogen-bond acceptors (Lipinski definition) is 7. The number of amides is 2. The lowest BCUT2D eigenvalue weighted by Crippen LogP contribution is -2.41. The number of hydrogen-bond donors (Lipinski definition) is 3. The van der Waals surface area contributed by atoms with E-state index in [1.54, 1.807) is 43.0 Å². The first-order chi connectivity index (χ1) is 18.8. The van der Waals surface area contributed by atoms with Gasteiger partial charge in [-0.05, 0) is 50.2 Å². The average molecular weight is 570 g/mol. The first-order valence-corrected chi connectivity index (χ1v) is 12.7. The van der Waals surface area contributed by atoms with Crippen molar-refractivity contribution in [3.63, 3.8) is 0 Å². The normalized spacial score (nSPS) is 17.7. The molecule has 4 N–H and O–H groups in total. The number of pyridine rings is 1. The molecule has 2 aromatic heterocycles. The summed E-state index contributed by atoms with van der Waals surface area (Å²) in [5.41, 5.74) is 4.95. The maximum atomic E-state index is 13.9. The lowest BCUT2D eigenvalue weighted by Gasteiger charge is -2.26. The molecule has 0 saturated carbocycles. The van der Waals surface area contributed by atoms with Crippen molar-refractivity contribution in [2.45, 2.75) is 24.9 Å². The number of aromatic nitrogens is 3. The number of aryl methyl sites for hydroxylation is 1. The summed E-state index contributed by atoms with van der Waals surface area (Å²) in [7, 11) is 3.26. The van der Waals surface area contributed by atoms with Crippen molar-refractivity contribution >= 4 is 34.3 Å². The van der Waals surface area contributed by atoms with E-state index in [0.717, 1.165) is 0 Å². The number of nitrogens with zero attached hydrogens (tertiary/aromatic N) is 3. The van der Waals surface area contributed by atoms with Crippen molar-refractivity contribution in [3.8, 4) is 22.8 Å². The van der Waals surface area contributed by atoms with Gasteiger partial charge < -0.3 is 25.6 Å². The molecule has 12 heteroatoms. The van der Waals surface area contributed by atoms with Gasteiger partial charge in [-0.25, -0.2) is 9.37 Å². The Balaban J connectivity index is 0.00000387. The Morgan fingerprint density at radius 3 is 2.77 bits per heavy atom. The maximum absolute atomic E-state index is 13.9. The summed E-state index contributed by atoms with van der Waals surface area (Å²) in [5, 5.41) is 19.2. The van der Waals surface area contributed by atoms with Crippen LogP contribution in [-0.4, -0.2) is 51.9 Å². The van der Waals surface area contributed by atoms with Crippen LogP contribution in [-0.2, 0) is 22.9 Å². The van der Waals surface area contributed by atoms with Crippen LogP contribution in [0.3, 0.4) is 0 Å². The van der Waals surface area contributed by atoms with Gasteiger partial charge in [-0.3, -0.25) is 14.3 Å². The van der Waals surface area contributed by atoms with Gasteiger partial charge in [0.15, 0.2) is 0 Å². The van der Waals surface area contributed by atoms with Gasteiger partial charge in [-0.1, -0.05) is 11.6 Å². The molecule has 0 fully saturated rings. The molecule has 40 heavy (non-hydrogen) atoms. The number of aliphatic hydroxyl groups is 1. The van der Waals surface area contributed by atoms with Gasteiger partial charge in [0.2, 0.25) is 5.91 Å². The summed E-state index contributed by atoms with van der Waals surface area (Å²) in [6, 6.07) is 8.82. The Bertz CT molecular complexity index is 1690. The van der Waals surface area contributed by atoms with E-state index in [2.05, 4.69) is 15.4 Å². The van der Waals surface area contributed by atoms with E-state index in [9.17, 15) is 19.1 Å². The van der Waals surface area contributed by atoms with Gasteiger partial charge >= 0.3 is 0 Å². The second-order valence-corrected chi connectivity index (χ2v) is 10.6. The molecule has 1 aliphatic rings. The molecule has 0 radical (unpaired) electrons. The molecular weight excluding hydrogens is 541 g/mol. The van der Waals surface area contributed by atoms with Crippen molar-refractivity contribution in [2.24, 2.45) is 12.8 Å². The van der Waals surface area contributed by atoms with Crippen LogP contribution in [0.25, 0.3) is 22.2 Å². The highest BCUT2D eigenvalue weighted by atomic mass is 35.5. The van der Waals surface area contributed by atoms with Gasteiger partial charge in [-0.2, -0.15) is 5.10 Å². The fourth-order valence-corrected chi connectivity index (χ4v) is 4.84. The van der Waals surface area contributed by atoms with Crippen molar-refractivity contribution in [2.75, 3.05) is 20.3 Å². The summed E-state index contributed by atoms with van der Waals surface area (Å²) in [6.07, 6.45) is 1.76. The van der Waals surface area contributed by atoms with Gasteiger partial charge in [0, 0.05) is 36.7 Å². The van der Waals surface area contributed by atoms with Crippen molar-refractivity contribution in [1.29, 1.82) is 0 Å². The number of fused-ring (bicyclic) bond motifs is 2. The molecule has 2 amide bonds. The monoisotopic (exact) mass is 569 g/mol. The maximum Gasteiger partial charge on any atom is 0.251 e. The van der Waals surface area contributed by atoms with E-state index < -0.39 is 28.6 Å². The van der Waals surface area contributed by atoms with Crippen LogP contribution in [0.1, 0.15) is 36.9 Å². The molecule has 0 bridgehead atoms. The number of carbonyl (C=O) groups excluding carboxylic acids is 2. The van der Waals surface area contributed by atoms with Crippen LogP contribution < -0.4 is 20.5 Å². The third-order valence-electron chi connectivity index (χ3n) is 7.12. The van der Waals surface area contributed by atoms with Gasteiger partial charge in [0.25, 0.3) is 5.91 Å². The number of halogens is 2. The molecule has 210 valence electrons. The molecule has 1 aliphatic heterocycles. The van der Waals surface area contributed by atoms with Crippen LogP contribution in [0.4, 0.5) is 4.39 Å². The highest BCUT2D eigenvalue weighted by molar-refractivity contribution is 6.31. The van der Waals surface area contributed by atoms with Crippen molar-refractivity contribution < 1.29 is 30.0 Å². The Labute approximate surface area is 235 Å². The van der Waals surface area contributed by atoms with E-state index in [0.29, 0.717) is 33.3 Å². The Morgan fingerprint density at radius 1 is 1.35 bits per heavy atom. The topological polar surface area (TPSA) is 142 Å². The largest absolute Gasteiger partial charge is 0.494 e. The smallest absolute Gasteiger partial charge is 0.251 e. The molecule has 0 aliphatic carbocycles. The molecule has 0 spiro atoms. The third-order valence-corrected chi connectivity index (χ3v) is 7.41. The minimum atomic E-state index is -1.70. The highest BCUT2D eigenvalue weighted by Gasteiger charge is 2.45. The Hall–Kier alpha value is -4.22. The summed E-state index contributed by atoms with van der Waals surface area (Å²) in [4.78, 5) is 30.2. The van der Waals surface area contributed by atoms with Crippen LogP contribution in [0.5, 0.6) is 11.5 Å². The molecule has 2 atom stereocenters. The molecule has 0 unspecified atom stereocenters. The van der Waals surface area contributed by atoms with E-state index in [1.807, 2.05) is 0 Å². The molecular formula is C28H29ClFN5O5. The Kier molecular flexibility index (Phi) is 6.67. The van der Waals surface area contributed by atoms with E-state index in [1.165, 1.54) is 32.2 Å². The number of ether oxygens (including phenoxy) is 2. The quantitative estimate of drug-likeness (QED) is 0.309. The summed E-state index contributed by atoms with van der Waals surface area (Å²) >= 11 is 6.02. The van der Waals surface area contributed by atoms with Crippen LogP contribution in [0.2, 0.25) is 5.02 Å². The Morgan fingerprint density at radius 2 is 2.10 bits per heavy atom. The van der Waals surface area contributed by atoms with Crippen LogP contribution >= 0.6 is 11.6 Å². The first kappa shape index (κ1) is 27.4. The lowest BCUT2D eigenvalue weighted by atomic mass is 9.82. The van der Waals surface area contributed by atoms with Crippen LogP contribution in [0.15, 0.2) is 42.6 Å². The zero-order chi connectivity index (χ0) is 29.0. The summed E-state index contributed by atoms with van der Waals surface area (Å²) in [5.74, 6) is -0.981. The minimum absolute atomic E-state index is 0. The molecule has 5 rings (SSSR count). The number of carbonyl (C=O) groups is 2. The van der Waals surface area contributed by atoms with Gasteiger partial charge in [-0.15, -0.1) is 0 Å². The fraction of sp³-hybridized carbons (Fsp3) is 0.286. The van der Waals surface area contributed by atoms with Gasteiger partial charge in [0.1, 0.15) is 46.1 Å². The highest BCUT2D eigenvalue weighted by Crippen LogP contribution is 2.45. The number of rotatable bonds is 7. The average Bonchev–Trinajstić information content (AvgIpc) is 3.47. The van der Waals surface area contributed by atoms with Crippen LogP contribution in [0, 0.1) is 5.82 Å². The SMILES string of the molecule is COc1cc(C(=O)NC[C@](C)(O)c2cc3c(c(-c4ccc(F)c(Cl)c4)n2)OC[C@]3(C)C(N)=O)cc2cn(C)nc12.[HH]. The summed E-state index contributed by atoms with van der Waals surface area (Å²) in [6.45, 7) is 2.83. The number of primary amides is 1. The van der Waals surface area contributed by atoms with Crippen molar-refractivity contribution in [1.82, 2.24) is 20.1 Å². The minimum Gasteiger partial charge on any atom is -0.494 e. The fourth-order valence-electron chi connectivity index (χ4n) is 4.66. The third kappa shape index (κ3) is 4.61. The van der Waals surface area contributed by atoms with Crippen molar-refractivity contribution in [3.05, 3.63) is 70.3 Å². The first-order valence-electron chi connectivity index (χ1n) is 12.3. The lowest BCUT2D eigenvalue weighted by molar-refractivity contribution is -0.123. The number of nitrogens with one attached hydrogen (secondary N) is 1. The number of methoxy groups -OCH3 is 1. The molecule has 3 heterocycles. The molecule has 4 aromatic rings. The molecule has 0 saturated heterocycles. The zero-order valence-electron chi connectivity index (χ0n) is 22.2. The predicted molar refractivity (Wildman–Crippen MR) is 148 cm³/mol. The van der Waals surface area contributed by atoms with Gasteiger partial charge in [0.05, 0.1) is 24.4 Å². The number of benzene rings is 2. The second-order valence-electron chi connectivity index (χ2n) is 10.2. The predicted octanol–water partition coefficient (Wildman–Crippen LogP) is 3.46. The summed E-state index contributed by atoms with van der Waals surface area (Å²) < 4.78 is 26.8. The van der Waals surface area contributed by atoms with E-state index in [4.69, 9.17) is 26.8 Å². The standard InChI is InChI=1S/C28H27ClFN5O5.H2/c1-27(26(31)37)13-40-24-17(27)10-21(33-23(24)14-5-6-19(30)18(29)8-14)28(2,38)12-32-25(36)15-7-16-11-35(3)34-22(16)20(9-15)39-4;/h5-11,38H,12-13H2,1-4H3,(H2,31,37)(H,32,36);1H/t27-,28-;/m0./s1. The molecule has 10 nitrogen and oxygen atoms in total. The molecule has 2 aromatic carbocycles. The zero-order valence-corrected chi connectivity index (χ0v) is 23.0. The van der Waals surface area contributed by atoms with E-state index in [-0.39, 0.29) is 36.7 Å². The number of nitrogens with two attached hydrogens (primary N) is 1. The second kappa shape index (κ2) is 9.76.